The van der Waals surface area contributed by atoms with Crippen LogP contribution in [0.25, 0.3) is 11.3 Å². The van der Waals surface area contributed by atoms with E-state index in [4.69, 9.17) is 16.3 Å². The van der Waals surface area contributed by atoms with E-state index in [2.05, 4.69) is 10.2 Å². The molecule has 0 fully saturated rings. The minimum Gasteiger partial charge on any atom is -0.507 e. The van der Waals surface area contributed by atoms with Crippen molar-refractivity contribution in [3.63, 3.8) is 0 Å². The number of hydrogen-bond donors (Lipinski definition) is 3. The molecule has 0 saturated heterocycles. The zero-order chi connectivity index (χ0) is 24.9. The highest BCUT2D eigenvalue weighted by atomic mass is 35.5. The van der Waals surface area contributed by atoms with Gasteiger partial charge in [0.15, 0.2) is 11.5 Å². The van der Waals surface area contributed by atoms with Crippen LogP contribution in [0.3, 0.4) is 0 Å². The van der Waals surface area contributed by atoms with E-state index in [9.17, 15) is 15.0 Å². The van der Waals surface area contributed by atoms with Crippen molar-refractivity contribution in [2.75, 3.05) is 7.11 Å². The first-order chi connectivity index (χ1) is 16.8. The Morgan fingerprint density at radius 1 is 1.11 bits per heavy atom. The van der Waals surface area contributed by atoms with Crippen LogP contribution >= 0.6 is 11.6 Å². The van der Waals surface area contributed by atoms with Crippen molar-refractivity contribution in [1.82, 2.24) is 15.1 Å². The SMILES string of the molecule is COc1cc(C2c3c(-c4cc(C)cc(C)c4O)n[nH]c3C(=O)N2Cc2ccccc2Cl)ccc1O. The first-order valence-corrected chi connectivity index (χ1v) is 11.5. The molecule has 7 nitrogen and oxygen atoms in total. The molecule has 35 heavy (non-hydrogen) atoms. The second-order valence-corrected chi connectivity index (χ2v) is 9.10. The van der Waals surface area contributed by atoms with Gasteiger partial charge in [-0.2, -0.15) is 5.10 Å². The van der Waals surface area contributed by atoms with Gasteiger partial charge in [-0.3, -0.25) is 9.89 Å². The number of nitrogens with zero attached hydrogens (tertiary/aromatic N) is 2. The lowest BCUT2D eigenvalue weighted by molar-refractivity contribution is 0.0730. The molecule has 8 heteroatoms. The van der Waals surface area contributed by atoms with Crippen molar-refractivity contribution in [3.8, 4) is 28.5 Å². The first-order valence-electron chi connectivity index (χ1n) is 11.1. The van der Waals surface area contributed by atoms with Crippen molar-refractivity contribution in [3.05, 3.63) is 93.1 Å². The van der Waals surface area contributed by atoms with Gasteiger partial charge in [-0.25, -0.2) is 0 Å². The molecule has 1 atom stereocenters. The van der Waals surface area contributed by atoms with Crippen LogP contribution in [0.15, 0.2) is 54.6 Å². The lowest BCUT2D eigenvalue weighted by Gasteiger charge is -2.27. The number of carbonyl (C=O) groups excluding carboxylic acids is 1. The zero-order valence-electron chi connectivity index (χ0n) is 19.5. The van der Waals surface area contributed by atoms with Gasteiger partial charge in [0.05, 0.1) is 13.2 Å². The number of hydrogen-bond acceptors (Lipinski definition) is 5. The molecule has 3 N–H and O–H groups in total. The van der Waals surface area contributed by atoms with Gasteiger partial charge in [0.2, 0.25) is 0 Å². The summed E-state index contributed by atoms with van der Waals surface area (Å²) in [6.45, 7) is 4.03. The Hall–Kier alpha value is -3.97. The molecule has 0 spiro atoms. The number of fused-ring (bicyclic) bond motifs is 1. The summed E-state index contributed by atoms with van der Waals surface area (Å²) in [6, 6.07) is 15.6. The maximum Gasteiger partial charge on any atom is 0.273 e. The highest BCUT2D eigenvalue weighted by molar-refractivity contribution is 6.31. The highest BCUT2D eigenvalue weighted by Crippen LogP contribution is 2.47. The van der Waals surface area contributed by atoms with Crippen molar-refractivity contribution < 1.29 is 19.7 Å². The van der Waals surface area contributed by atoms with Crippen molar-refractivity contribution in [1.29, 1.82) is 0 Å². The molecule has 0 aliphatic carbocycles. The van der Waals surface area contributed by atoms with Crippen LogP contribution in [0.2, 0.25) is 5.02 Å². The van der Waals surface area contributed by atoms with Crippen LogP contribution in [0.4, 0.5) is 0 Å². The number of benzene rings is 3. The maximum atomic E-state index is 13.6. The van der Waals surface area contributed by atoms with Gasteiger partial charge < -0.3 is 19.8 Å². The van der Waals surface area contributed by atoms with E-state index in [0.29, 0.717) is 33.3 Å². The fraction of sp³-hybridized carbons (Fsp3) is 0.185. The monoisotopic (exact) mass is 489 g/mol. The quantitative estimate of drug-likeness (QED) is 0.343. The Morgan fingerprint density at radius 3 is 2.63 bits per heavy atom. The lowest BCUT2D eigenvalue weighted by atomic mass is 9.93. The topological polar surface area (TPSA) is 98.7 Å². The van der Waals surface area contributed by atoms with Crippen LogP contribution in [0.1, 0.15) is 44.3 Å². The third kappa shape index (κ3) is 3.78. The second kappa shape index (κ2) is 8.67. The van der Waals surface area contributed by atoms with Gasteiger partial charge in [-0.05, 0) is 60.4 Å². The number of aryl methyl sites for hydroxylation is 2. The second-order valence-electron chi connectivity index (χ2n) is 8.70. The number of rotatable bonds is 5. The molecule has 1 aromatic heterocycles. The number of aromatic hydroxyl groups is 2. The summed E-state index contributed by atoms with van der Waals surface area (Å²) in [7, 11) is 1.47. The Balaban J connectivity index is 1.72. The summed E-state index contributed by atoms with van der Waals surface area (Å²) in [5, 5.41) is 29.0. The third-order valence-corrected chi connectivity index (χ3v) is 6.75. The Kier molecular flexibility index (Phi) is 5.65. The van der Waals surface area contributed by atoms with E-state index in [1.165, 1.54) is 7.11 Å². The summed E-state index contributed by atoms with van der Waals surface area (Å²) in [4.78, 5) is 15.4. The third-order valence-electron chi connectivity index (χ3n) is 6.38. The number of ether oxygens (including phenoxy) is 1. The van der Waals surface area contributed by atoms with Gasteiger partial charge in [-0.1, -0.05) is 41.9 Å². The highest BCUT2D eigenvalue weighted by Gasteiger charge is 2.43. The van der Waals surface area contributed by atoms with Gasteiger partial charge in [0, 0.05) is 22.7 Å². The van der Waals surface area contributed by atoms with Crippen LogP contribution in [-0.2, 0) is 6.54 Å². The van der Waals surface area contributed by atoms with E-state index in [-0.39, 0.29) is 24.0 Å². The normalized spacial score (nSPS) is 14.9. The molecule has 0 radical (unpaired) electrons. The van der Waals surface area contributed by atoms with Crippen molar-refractivity contribution in [2.24, 2.45) is 0 Å². The molecule has 1 unspecified atom stereocenters. The number of nitrogens with one attached hydrogen (secondary N) is 1. The number of phenolic OH excluding ortho intramolecular Hbond substituents is 2. The molecule has 1 amide bonds. The fourth-order valence-corrected chi connectivity index (χ4v) is 4.92. The van der Waals surface area contributed by atoms with Crippen LogP contribution in [-0.4, -0.2) is 38.3 Å². The number of phenols is 2. The number of halogens is 1. The molecule has 0 saturated carbocycles. The smallest absolute Gasteiger partial charge is 0.273 e. The molecule has 0 bridgehead atoms. The number of amides is 1. The summed E-state index contributed by atoms with van der Waals surface area (Å²) in [6.07, 6.45) is 0. The molecule has 1 aliphatic heterocycles. The van der Waals surface area contributed by atoms with E-state index in [0.717, 1.165) is 22.3 Å². The molecule has 1 aliphatic rings. The lowest BCUT2D eigenvalue weighted by Crippen LogP contribution is -2.29. The molecule has 2 heterocycles. The maximum absolute atomic E-state index is 13.6. The summed E-state index contributed by atoms with van der Waals surface area (Å²) < 4.78 is 5.34. The van der Waals surface area contributed by atoms with Gasteiger partial charge in [0.25, 0.3) is 5.91 Å². The van der Waals surface area contributed by atoms with E-state index >= 15 is 0 Å². The number of methoxy groups -OCH3 is 1. The number of aromatic amines is 1. The van der Waals surface area contributed by atoms with Gasteiger partial charge in [0.1, 0.15) is 17.1 Å². The molecular formula is C27H24ClN3O4. The summed E-state index contributed by atoms with van der Waals surface area (Å²) in [5.74, 6) is 0.168. The van der Waals surface area contributed by atoms with Gasteiger partial charge in [-0.15, -0.1) is 0 Å². The standard InChI is InChI=1S/C27H24ClN3O4/c1-14-10-15(2)26(33)18(11-14)23-22-24(30-29-23)27(34)31(13-17-6-4-5-7-19(17)28)25(22)16-8-9-20(32)21(12-16)35-3/h4-12,25,32-33H,13H2,1-3H3,(H,29,30). The molecule has 3 aromatic carbocycles. The number of H-pyrrole nitrogens is 1. The average molecular weight is 490 g/mol. The predicted octanol–water partition coefficient (Wildman–Crippen LogP) is 5.51. The molecular weight excluding hydrogens is 466 g/mol. The average Bonchev–Trinajstić information content (AvgIpc) is 3.37. The largest absolute Gasteiger partial charge is 0.507 e. The van der Waals surface area contributed by atoms with Crippen LogP contribution < -0.4 is 4.74 Å². The Bertz CT molecular complexity index is 1460. The number of carbonyl (C=O) groups is 1. The van der Waals surface area contributed by atoms with Crippen LogP contribution in [0.5, 0.6) is 17.2 Å². The molecule has 4 aromatic rings. The van der Waals surface area contributed by atoms with Crippen LogP contribution in [0, 0.1) is 13.8 Å². The summed E-state index contributed by atoms with van der Waals surface area (Å²) in [5.41, 5.74) is 5.25. The zero-order valence-corrected chi connectivity index (χ0v) is 20.2. The first kappa shape index (κ1) is 22.8. The van der Waals surface area contributed by atoms with E-state index < -0.39 is 6.04 Å². The summed E-state index contributed by atoms with van der Waals surface area (Å²) >= 11 is 6.44. The predicted molar refractivity (Wildman–Crippen MR) is 133 cm³/mol. The van der Waals surface area contributed by atoms with E-state index in [1.807, 2.05) is 44.2 Å². The van der Waals surface area contributed by atoms with Crippen molar-refractivity contribution >= 4 is 17.5 Å². The Labute approximate surface area is 207 Å². The molecule has 178 valence electrons. The van der Waals surface area contributed by atoms with Gasteiger partial charge >= 0.3 is 0 Å². The minimum absolute atomic E-state index is 0.00202. The van der Waals surface area contributed by atoms with Crippen molar-refractivity contribution in [2.45, 2.75) is 26.4 Å². The number of aromatic nitrogens is 2. The fourth-order valence-electron chi connectivity index (χ4n) is 4.73. The van der Waals surface area contributed by atoms with E-state index in [1.54, 1.807) is 29.2 Å². The Morgan fingerprint density at radius 2 is 1.89 bits per heavy atom. The minimum atomic E-state index is -0.558. The molecule has 5 rings (SSSR count).